The molecule has 6 nitrogen and oxygen atoms in total. The second-order valence-corrected chi connectivity index (χ2v) is 7.69. The number of thiazole rings is 1. The summed E-state index contributed by atoms with van der Waals surface area (Å²) in [6.07, 6.45) is 7.84. The highest BCUT2D eigenvalue weighted by atomic mass is 35.5. The molecule has 0 spiro atoms. The molecule has 0 saturated carbocycles. The first-order valence-corrected chi connectivity index (χ1v) is 9.92. The zero-order valence-electron chi connectivity index (χ0n) is 13.5. The number of hydrogen-bond donors (Lipinski definition) is 2. The van der Waals surface area contributed by atoms with Crippen LogP contribution in [0.5, 0.6) is 0 Å². The number of hydrogen-bond acceptors (Lipinski definition) is 6. The molecule has 2 N–H and O–H groups in total. The van der Waals surface area contributed by atoms with Gasteiger partial charge in [0.25, 0.3) is 0 Å². The summed E-state index contributed by atoms with van der Waals surface area (Å²) in [7, 11) is 0. The third kappa shape index (κ3) is 5.02. The van der Waals surface area contributed by atoms with Crippen molar-refractivity contribution in [1.29, 1.82) is 0 Å². The number of halogens is 1. The third-order valence-electron chi connectivity index (χ3n) is 4.09. The molecule has 2 aliphatic rings. The Morgan fingerprint density at radius 2 is 2.25 bits per heavy atom. The van der Waals surface area contributed by atoms with E-state index < -0.39 is 0 Å². The van der Waals surface area contributed by atoms with E-state index in [1.165, 1.54) is 19.3 Å². The van der Waals surface area contributed by atoms with Gasteiger partial charge in [-0.15, -0.1) is 0 Å². The summed E-state index contributed by atoms with van der Waals surface area (Å²) < 4.78 is 5.54. The standard InChI is InChI=1S/C15H22ClN5OS2/c16-13-12(24-15(19-13)21-6-2-1-3-7-21)10-18-20-14(23)17-9-11-5-4-8-22-11/h10-11H,1-9H2,(H2,17,20,23)/b18-10-/t11-/m0/s1. The lowest BCUT2D eigenvalue weighted by Crippen LogP contribution is -2.37. The minimum atomic E-state index is 0.247. The average molecular weight is 388 g/mol. The van der Waals surface area contributed by atoms with Gasteiger partial charge in [-0.2, -0.15) is 5.10 Å². The molecule has 0 bridgehead atoms. The van der Waals surface area contributed by atoms with E-state index in [4.69, 9.17) is 28.6 Å². The monoisotopic (exact) mass is 387 g/mol. The molecule has 9 heteroatoms. The Bertz CT molecular complexity index is 582. The van der Waals surface area contributed by atoms with Crippen molar-refractivity contribution < 1.29 is 4.74 Å². The number of aromatic nitrogens is 1. The SMILES string of the molecule is S=C(NC[C@@H]1CCCO1)N/N=C\c1sc(N2CCCCC2)nc1Cl. The maximum atomic E-state index is 6.22. The maximum absolute atomic E-state index is 6.22. The largest absolute Gasteiger partial charge is 0.376 e. The molecule has 3 heterocycles. The van der Waals surface area contributed by atoms with E-state index in [1.807, 2.05) is 0 Å². The summed E-state index contributed by atoms with van der Waals surface area (Å²) in [5.41, 5.74) is 2.81. The van der Waals surface area contributed by atoms with Crippen LogP contribution in [0.2, 0.25) is 5.15 Å². The molecule has 3 rings (SSSR count). The van der Waals surface area contributed by atoms with Crippen molar-refractivity contribution >= 4 is 51.6 Å². The maximum Gasteiger partial charge on any atom is 0.187 e. The first kappa shape index (κ1) is 17.8. The van der Waals surface area contributed by atoms with E-state index >= 15 is 0 Å². The van der Waals surface area contributed by atoms with Crippen LogP contribution in [-0.4, -0.2) is 48.7 Å². The number of anilines is 1. The number of nitrogens with one attached hydrogen (secondary N) is 2. The van der Waals surface area contributed by atoms with Crippen LogP contribution >= 0.6 is 35.2 Å². The van der Waals surface area contributed by atoms with Gasteiger partial charge in [-0.25, -0.2) is 4.98 Å². The number of hydrazone groups is 1. The van der Waals surface area contributed by atoms with Crippen LogP contribution < -0.4 is 15.6 Å². The molecule has 1 aromatic heterocycles. The summed E-state index contributed by atoms with van der Waals surface area (Å²) in [4.78, 5) is 7.58. The summed E-state index contributed by atoms with van der Waals surface area (Å²) in [6, 6.07) is 0. The summed E-state index contributed by atoms with van der Waals surface area (Å²) >= 11 is 13.0. The quantitative estimate of drug-likeness (QED) is 0.460. The molecule has 24 heavy (non-hydrogen) atoms. The first-order valence-electron chi connectivity index (χ1n) is 8.32. The predicted molar refractivity (Wildman–Crippen MR) is 103 cm³/mol. The lowest BCUT2D eigenvalue weighted by molar-refractivity contribution is 0.114. The third-order valence-corrected chi connectivity index (χ3v) is 5.77. The van der Waals surface area contributed by atoms with Gasteiger partial charge in [-0.05, 0) is 44.3 Å². The molecule has 1 atom stereocenters. The Kier molecular flexibility index (Phi) is 6.65. The minimum Gasteiger partial charge on any atom is -0.376 e. The van der Waals surface area contributed by atoms with Crippen molar-refractivity contribution in [2.75, 3.05) is 31.1 Å². The smallest absolute Gasteiger partial charge is 0.187 e. The summed E-state index contributed by atoms with van der Waals surface area (Å²) in [5.74, 6) is 0. The van der Waals surface area contributed by atoms with E-state index in [1.54, 1.807) is 17.6 Å². The van der Waals surface area contributed by atoms with Gasteiger partial charge in [-0.3, -0.25) is 5.43 Å². The van der Waals surface area contributed by atoms with Gasteiger partial charge in [0.1, 0.15) is 0 Å². The highest BCUT2D eigenvalue weighted by Crippen LogP contribution is 2.30. The molecule has 1 aromatic rings. The van der Waals surface area contributed by atoms with Gasteiger partial charge in [0.05, 0.1) is 17.2 Å². The Morgan fingerprint density at radius 3 is 3.00 bits per heavy atom. The van der Waals surface area contributed by atoms with E-state index in [0.29, 0.717) is 16.8 Å². The normalized spacial score (nSPS) is 21.4. The van der Waals surface area contributed by atoms with Gasteiger partial charge in [0.15, 0.2) is 15.4 Å². The van der Waals surface area contributed by atoms with E-state index in [-0.39, 0.29) is 6.10 Å². The zero-order chi connectivity index (χ0) is 16.8. The van der Waals surface area contributed by atoms with Crippen molar-refractivity contribution in [3.8, 4) is 0 Å². The summed E-state index contributed by atoms with van der Waals surface area (Å²) in [5, 5.41) is 9.21. The zero-order valence-corrected chi connectivity index (χ0v) is 15.9. The molecule has 0 aromatic carbocycles. The lowest BCUT2D eigenvalue weighted by atomic mass is 10.1. The molecule has 0 unspecified atom stereocenters. The molecule has 0 aliphatic carbocycles. The molecule has 2 saturated heterocycles. The predicted octanol–water partition coefficient (Wildman–Crippen LogP) is 2.76. The molecular formula is C15H22ClN5OS2. The van der Waals surface area contributed by atoms with Gasteiger partial charge >= 0.3 is 0 Å². The van der Waals surface area contributed by atoms with E-state index in [9.17, 15) is 0 Å². The van der Waals surface area contributed by atoms with Crippen LogP contribution in [0, 0.1) is 0 Å². The van der Waals surface area contributed by atoms with Crippen molar-refractivity contribution in [2.24, 2.45) is 5.10 Å². The number of ether oxygens (including phenoxy) is 1. The highest BCUT2D eigenvalue weighted by Gasteiger charge is 2.17. The molecule has 2 fully saturated rings. The molecule has 0 radical (unpaired) electrons. The van der Waals surface area contributed by atoms with Crippen LogP contribution in [0.3, 0.4) is 0 Å². The van der Waals surface area contributed by atoms with Gasteiger partial charge < -0.3 is 15.0 Å². The fourth-order valence-corrected chi connectivity index (χ4v) is 4.11. The van der Waals surface area contributed by atoms with Crippen LogP contribution in [0.1, 0.15) is 37.0 Å². The van der Waals surface area contributed by atoms with Crippen molar-refractivity contribution in [3.05, 3.63) is 10.0 Å². The topological polar surface area (TPSA) is 61.8 Å². The fraction of sp³-hybridized carbons (Fsp3) is 0.667. The molecule has 0 amide bonds. The Morgan fingerprint density at radius 1 is 1.42 bits per heavy atom. The minimum absolute atomic E-state index is 0.247. The van der Waals surface area contributed by atoms with E-state index in [2.05, 4.69) is 25.7 Å². The van der Waals surface area contributed by atoms with Crippen LogP contribution in [0.25, 0.3) is 0 Å². The van der Waals surface area contributed by atoms with Crippen molar-refractivity contribution in [1.82, 2.24) is 15.7 Å². The summed E-state index contributed by atoms with van der Waals surface area (Å²) in [6.45, 7) is 3.65. The average Bonchev–Trinajstić information content (AvgIpc) is 3.24. The second kappa shape index (κ2) is 8.94. The van der Waals surface area contributed by atoms with Crippen molar-refractivity contribution in [2.45, 2.75) is 38.2 Å². The molecule has 2 aliphatic heterocycles. The van der Waals surface area contributed by atoms with E-state index in [0.717, 1.165) is 42.5 Å². The lowest BCUT2D eigenvalue weighted by Gasteiger charge is -2.25. The number of piperidine rings is 1. The number of nitrogens with zero attached hydrogens (tertiary/aromatic N) is 3. The van der Waals surface area contributed by atoms with Crippen LogP contribution in [0.15, 0.2) is 5.10 Å². The van der Waals surface area contributed by atoms with Crippen LogP contribution in [-0.2, 0) is 4.74 Å². The number of thiocarbonyl (C=S) groups is 1. The highest BCUT2D eigenvalue weighted by molar-refractivity contribution is 7.80. The molecule has 132 valence electrons. The first-order chi connectivity index (χ1) is 11.7. The fourth-order valence-electron chi connectivity index (χ4n) is 2.80. The van der Waals surface area contributed by atoms with Gasteiger partial charge in [0, 0.05) is 26.2 Å². The Hall–Kier alpha value is -0.960. The Labute approximate surface area is 156 Å². The van der Waals surface area contributed by atoms with Gasteiger partial charge in [-0.1, -0.05) is 22.9 Å². The molecular weight excluding hydrogens is 366 g/mol. The Balaban J connectivity index is 1.46. The second-order valence-electron chi connectivity index (χ2n) is 5.91. The number of rotatable bonds is 5. The van der Waals surface area contributed by atoms with Crippen LogP contribution in [0.4, 0.5) is 5.13 Å². The van der Waals surface area contributed by atoms with Gasteiger partial charge in [0.2, 0.25) is 0 Å². The van der Waals surface area contributed by atoms with Crippen molar-refractivity contribution in [3.63, 3.8) is 0 Å².